The Hall–Kier alpha value is -3.92. The van der Waals surface area contributed by atoms with Gasteiger partial charge in [-0.1, -0.05) is 121 Å². The number of aryl methyl sites for hydroxylation is 1. The minimum Gasteiger partial charge on any atom is -0.461 e. The predicted octanol–water partition coefficient (Wildman–Crippen LogP) is 8.08. The van der Waals surface area contributed by atoms with E-state index in [1.807, 2.05) is 6.07 Å². The molecule has 5 aromatic rings. The van der Waals surface area contributed by atoms with Gasteiger partial charge in [-0.2, -0.15) is 5.06 Å². The van der Waals surface area contributed by atoms with Gasteiger partial charge in [-0.25, -0.2) is 0 Å². The van der Waals surface area contributed by atoms with Crippen molar-refractivity contribution in [2.24, 2.45) is 0 Å². The van der Waals surface area contributed by atoms with E-state index in [1.54, 1.807) is 0 Å². The normalized spacial score (nSPS) is 17.9. The van der Waals surface area contributed by atoms with E-state index in [1.165, 1.54) is 22.3 Å². The van der Waals surface area contributed by atoms with Gasteiger partial charge in [0.15, 0.2) is 0 Å². The summed E-state index contributed by atoms with van der Waals surface area (Å²) in [6.45, 7) is 2.74. The van der Waals surface area contributed by atoms with Gasteiger partial charge in [-0.3, -0.25) is 4.84 Å². The zero-order valence-electron chi connectivity index (χ0n) is 20.4. The molecule has 0 bridgehead atoms. The first kappa shape index (κ1) is 22.5. The molecule has 0 saturated heterocycles. The standard InChI is InChI=1S/C33H29NO2/c1-24-29-22-30(26-16-8-3-9-17-26)36-34(23-25-14-6-2-7-15-25)32(27-18-10-4-11-19-27)31(29)33(35-24)28-20-12-5-13-21-28/h2-21,30,32H,22-23H2,1H3/t30-,32-/m1/s1. The smallest absolute Gasteiger partial charge is 0.139 e. The van der Waals surface area contributed by atoms with Crippen molar-refractivity contribution in [2.75, 3.05) is 0 Å². The van der Waals surface area contributed by atoms with E-state index in [-0.39, 0.29) is 12.1 Å². The third-order valence-corrected chi connectivity index (χ3v) is 6.97. The number of hydrogen-bond donors (Lipinski definition) is 0. The van der Waals surface area contributed by atoms with Crippen LogP contribution in [0.4, 0.5) is 0 Å². The van der Waals surface area contributed by atoms with Crippen LogP contribution >= 0.6 is 0 Å². The molecular formula is C33H29NO2. The van der Waals surface area contributed by atoms with Gasteiger partial charge in [0.25, 0.3) is 0 Å². The average molecular weight is 472 g/mol. The Kier molecular flexibility index (Phi) is 6.25. The minimum atomic E-state index is -0.123. The van der Waals surface area contributed by atoms with Crippen molar-refractivity contribution < 1.29 is 9.25 Å². The molecule has 36 heavy (non-hydrogen) atoms. The van der Waals surface area contributed by atoms with Crippen LogP contribution in [0, 0.1) is 6.92 Å². The lowest BCUT2D eigenvalue weighted by Crippen LogP contribution is -2.30. The number of rotatable bonds is 5. The van der Waals surface area contributed by atoms with Crippen molar-refractivity contribution in [3.8, 4) is 11.3 Å². The SMILES string of the molecule is Cc1oc(-c2ccccc2)c2c1C[C@H](c1ccccc1)ON(Cc1ccccc1)[C@@H]2c1ccccc1. The molecular weight excluding hydrogens is 442 g/mol. The summed E-state index contributed by atoms with van der Waals surface area (Å²) in [5, 5.41) is 2.16. The van der Waals surface area contributed by atoms with Crippen LogP contribution in [-0.2, 0) is 17.8 Å². The highest BCUT2D eigenvalue weighted by molar-refractivity contribution is 5.66. The second-order valence-corrected chi connectivity index (χ2v) is 9.33. The highest BCUT2D eigenvalue weighted by Gasteiger charge is 2.38. The first-order valence-electron chi connectivity index (χ1n) is 12.5. The molecule has 0 aliphatic carbocycles. The van der Waals surface area contributed by atoms with Crippen LogP contribution in [0.3, 0.4) is 0 Å². The highest BCUT2D eigenvalue weighted by atomic mass is 16.7. The number of hydrogen-bond acceptors (Lipinski definition) is 3. The summed E-state index contributed by atoms with van der Waals surface area (Å²) in [6.07, 6.45) is 0.623. The summed E-state index contributed by atoms with van der Waals surface area (Å²) in [7, 11) is 0. The lowest BCUT2D eigenvalue weighted by atomic mass is 9.90. The largest absolute Gasteiger partial charge is 0.461 e. The van der Waals surface area contributed by atoms with Crippen molar-refractivity contribution in [1.29, 1.82) is 0 Å². The molecule has 2 atom stereocenters. The Labute approximate surface area is 212 Å². The Morgan fingerprint density at radius 1 is 0.694 bits per heavy atom. The Balaban J connectivity index is 1.57. The molecule has 6 rings (SSSR count). The molecule has 0 spiro atoms. The van der Waals surface area contributed by atoms with Gasteiger partial charge in [-0.15, -0.1) is 0 Å². The fourth-order valence-electron chi connectivity index (χ4n) is 5.24. The Morgan fingerprint density at radius 3 is 1.89 bits per heavy atom. The molecule has 0 fully saturated rings. The molecule has 3 nitrogen and oxygen atoms in total. The van der Waals surface area contributed by atoms with Gasteiger partial charge in [0, 0.05) is 23.1 Å². The molecule has 4 aromatic carbocycles. The second-order valence-electron chi connectivity index (χ2n) is 9.33. The van der Waals surface area contributed by atoms with Gasteiger partial charge in [-0.05, 0) is 23.6 Å². The van der Waals surface area contributed by atoms with Crippen LogP contribution < -0.4 is 0 Å². The third-order valence-electron chi connectivity index (χ3n) is 6.97. The summed E-state index contributed by atoms with van der Waals surface area (Å²) >= 11 is 0. The number of nitrogens with zero attached hydrogens (tertiary/aromatic N) is 1. The van der Waals surface area contributed by atoms with Crippen molar-refractivity contribution in [3.05, 3.63) is 155 Å². The zero-order valence-corrected chi connectivity index (χ0v) is 20.4. The number of hydroxylamine groups is 2. The molecule has 0 radical (unpaired) electrons. The third kappa shape index (κ3) is 4.39. The van der Waals surface area contributed by atoms with E-state index in [0.29, 0.717) is 6.54 Å². The van der Waals surface area contributed by atoms with Gasteiger partial charge < -0.3 is 4.42 Å². The van der Waals surface area contributed by atoms with Gasteiger partial charge in [0.05, 0.1) is 12.6 Å². The molecule has 178 valence electrons. The maximum Gasteiger partial charge on any atom is 0.139 e. The Morgan fingerprint density at radius 2 is 1.25 bits per heavy atom. The van der Waals surface area contributed by atoms with E-state index in [4.69, 9.17) is 9.25 Å². The van der Waals surface area contributed by atoms with E-state index < -0.39 is 0 Å². The van der Waals surface area contributed by atoms with Crippen molar-refractivity contribution >= 4 is 0 Å². The summed E-state index contributed by atoms with van der Waals surface area (Å²) in [5.41, 5.74) is 7.06. The summed E-state index contributed by atoms with van der Waals surface area (Å²) in [4.78, 5) is 6.95. The van der Waals surface area contributed by atoms with Crippen LogP contribution in [0.2, 0.25) is 0 Å². The van der Waals surface area contributed by atoms with Crippen LogP contribution in [-0.4, -0.2) is 5.06 Å². The van der Waals surface area contributed by atoms with Crippen molar-refractivity contribution in [1.82, 2.24) is 5.06 Å². The summed E-state index contributed by atoms with van der Waals surface area (Å²) in [5.74, 6) is 1.88. The molecule has 1 aliphatic heterocycles. The first-order valence-corrected chi connectivity index (χ1v) is 12.5. The topological polar surface area (TPSA) is 25.6 Å². The quantitative estimate of drug-likeness (QED) is 0.259. The van der Waals surface area contributed by atoms with Gasteiger partial charge in [0.1, 0.15) is 17.6 Å². The van der Waals surface area contributed by atoms with Crippen LogP contribution in [0.5, 0.6) is 0 Å². The van der Waals surface area contributed by atoms with Gasteiger partial charge >= 0.3 is 0 Å². The molecule has 0 saturated carbocycles. The lowest BCUT2D eigenvalue weighted by molar-refractivity contribution is -0.221. The molecule has 0 N–H and O–H groups in total. The van der Waals surface area contributed by atoms with Crippen molar-refractivity contribution in [3.63, 3.8) is 0 Å². The number of fused-ring (bicyclic) bond motifs is 1. The summed E-state index contributed by atoms with van der Waals surface area (Å²) < 4.78 is 6.56. The highest BCUT2D eigenvalue weighted by Crippen LogP contribution is 2.46. The average Bonchev–Trinajstić information content (AvgIpc) is 3.15. The van der Waals surface area contributed by atoms with E-state index in [2.05, 4.69) is 127 Å². The fraction of sp³-hybridized carbons (Fsp3) is 0.152. The molecule has 3 heteroatoms. The van der Waals surface area contributed by atoms with E-state index in [0.717, 1.165) is 29.1 Å². The predicted molar refractivity (Wildman–Crippen MR) is 143 cm³/mol. The van der Waals surface area contributed by atoms with E-state index >= 15 is 0 Å². The molecule has 0 amide bonds. The van der Waals surface area contributed by atoms with Crippen LogP contribution in [0.1, 0.15) is 45.7 Å². The molecule has 1 aromatic heterocycles. The Bertz CT molecular complexity index is 1410. The van der Waals surface area contributed by atoms with E-state index in [9.17, 15) is 0 Å². The molecule has 2 heterocycles. The maximum atomic E-state index is 6.95. The second kappa shape index (κ2) is 9.98. The first-order chi connectivity index (χ1) is 17.8. The van der Waals surface area contributed by atoms with Crippen LogP contribution in [0.25, 0.3) is 11.3 Å². The number of benzene rings is 4. The fourth-order valence-corrected chi connectivity index (χ4v) is 5.24. The van der Waals surface area contributed by atoms with Gasteiger partial charge in [0.2, 0.25) is 0 Å². The lowest BCUT2D eigenvalue weighted by Gasteiger charge is -2.32. The minimum absolute atomic E-state index is 0.122. The molecule has 0 unspecified atom stereocenters. The number of furan rings is 1. The maximum absolute atomic E-state index is 6.95. The van der Waals surface area contributed by atoms with Crippen molar-refractivity contribution in [2.45, 2.75) is 32.0 Å². The molecule has 1 aliphatic rings. The van der Waals surface area contributed by atoms with Crippen LogP contribution in [0.15, 0.2) is 126 Å². The monoisotopic (exact) mass is 471 g/mol. The zero-order chi connectivity index (χ0) is 24.3. The summed E-state index contributed by atoms with van der Waals surface area (Å²) in [6, 6.07) is 42.0.